The second kappa shape index (κ2) is 12.3. The Labute approximate surface area is 164 Å². The van der Waals surface area contributed by atoms with E-state index in [1.165, 1.54) is 38.5 Å². The Morgan fingerprint density at radius 1 is 1.19 bits per heavy atom. The lowest BCUT2D eigenvalue weighted by molar-refractivity contribution is -0.124. The minimum absolute atomic E-state index is 0.0151. The zero-order valence-electron chi connectivity index (χ0n) is 17.2. The van der Waals surface area contributed by atoms with Crippen molar-refractivity contribution in [2.75, 3.05) is 19.6 Å². The lowest BCUT2D eigenvalue weighted by Crippen LogP contribution is -2.44. The molecule has 0 saturated heterocycles. The maximum atomic E-state index is 12.5. The molecule has 0 aliphatic carbocycles. The molecule has 1 aromatic heterocycles. The Kier molecular flexibility index (Phi) is 10.9. The van der Waals surface area contributed by atoms with Gasteiger partial charge in [-0.3, -0.25) is 9.48 Å². The monoisotopic (exact) mass is 384 g/mol. The van der Waals surface area contributed by atoms with Gasteiger partial charge in [-0.2, -0.15) is 5.10 Å². The number of unbranched alkanes of at least 4 members (excludes halogenated alkanes) is 4. The summed E-state index contributed by atoms with van der Waals surface area (Å²) in [7, 11) is 0. The van der Waals surface area contributed by atoms with Crippen LogP contribution in [0.1, 0.15) is 78.0 Å². The Morgan fingerprint density at radius 3 is 2.23 bits per heavy atom. The summed E-state index contributed by atoms with van der Waals surface area (Å²) in [5.41, 5.74) is 0.748. The van der Waals surface area contributed by atoms with Crippen LogP contribution >= 0.6 is 11.6 Å². The first-order valence-corrected chi connectivity index (χ1v) is 10.5. The highest BCUT2D eigenvalue weighted by Gasteiger charge is 2.20. The van der Waals surface area contributed by atoms with E-state index in [-0.39, 0.29) is 18.0 Å². The normalized spacial score (nSPS) is 13.8. The Bertz CT molecular complexity index is 502. The van der Waals surface area contributed by atoms with Crippen LogP contribution in [0.25, 0.3) is 0 Å². The van der Waals surface area contributed by atoms with E-state index in [1.54, 1.807) is 10.9 Å². The molecule has 26 heavy (non-hydrogen) atoms. The third kappa shape index (κ3) is 8.09. The van der Waals surface area contributed by atoms with E-state index in [0.29, 0.717) is 5.02 Å². The number of hydrogen-bond donors (Lipinski definition) is 1. The largest absolute Gasteiger partial charge is 0.351 e. The number of hydrogen-bond acceptors (Lipinski definition) is 3. The molecule has 0 aromatic carbocycles. The molecule has 0 radical (unpaired) electrons. The topological polar surface area (TPSA) is 50.2 Å². The SMILES string of the molecule is CCCCCN(CCCCC)CC(C)NC(=O)C(C)n1cc(Cl)c(C)n1. The highest BCUT2D eigenvalue weighted by Crippen LogP contribution is 2.16. The quantitative estimate of drug-likeness (QED) is 0.506. The fourth-order valence-electron chi connectivity index (χ4n) is 3.04. The number of carbonyl (C=O) groups excluding carboxylic acids is 1. The summed E-state index contributed by atoms with van der Waals surface area (Å²) < 4.78 is 1.64. The zero-order chi connectivity index (χ0) is 19.5. The molecule has 1 rings (SSSR count). The minimum Gasteiger partial charge on any atom is -0.351 e. The fourth-order valence-corrected chi connectivity index (χ4v) is 3.18. The lowest BCUT2D eigenvalue weighted by atomic mass is 10.2. The molecule has 0 aliphatic rings. The van der Waals surface area contributed by atoms with Gasteiger partial charge in [-0.1, -0.05) is 51.1 Å². The summed E-state index contributed by atoms with van der Waals surface area (Å²) in [6.45, 7) is 13.4. The second-order valence-corrected chi connectivity index (χ2v) is 7.75. The lowest BCUT2D eigenvalue weighted by Gasteiger charge is -2.27. The molecule has 1 amide bonds. The van der Waals surface area contributed by atoms with Crippen molar-refractivity contribution in [3.8, 4) is 0 Å². The van der Waals surface area contributed by atoms with Gasteiger partial charge in [0.25, 0.3) is 0 Å². The van der Waals surface area contributed by atoms with Crippen molar-refractivity contribution in [1.82, 2.24) is 20.0 Å². The third-order valence-corrected chi connectivity index (χ3v) is 5.08. The number of amides is 1. The van der Waals surface area contributed by atoms with Crippen molar-refractivity contribution in [3.63, 3.8) is 0 Å². The van der Waals surface area contributed by atoms with Crippen LogP contribution in [-0.4, -0.2) is 46.3 Å². The molecule has 0 bridgehead atoms. The highest BCUT2D eigenvalue weighted by molar-refractivity contribution is 6.31. The highest BCUT2D eigenvalue weighted by atomic mass is 35.5. The first-order chi connectivity index (χ1) is 12.4. The van der Waals surface area contributed by atoms with Gasteiger partial charge in [-0.05, 0) is 46.7 Å². The van der Waals surface area contributed by atoms with E-state index >= 15 is 0 Å². The fraction of sp³-hybridized carbons (Fsp3) is 0.800. The summed E-state index contributed by atoms with van der Waals surface area (Å²) in [6.07, 6.45) is 9.17. The molecule has 1 aromatic rings. The van der Waals surface area contributed by atoms with Crippen molar-refractivity contribution in [1.29, 1.82) is 0 Å². The molecule has 1 N–H and O–H groups in total. The zero-order valence-corrected chi connectivity index (χ0v) is 18.0. The minimum atomic E-state index is -0.364. The van der Waals surface area contributed by atoms with Crippen LogP contribution in [0.15, 0.2) is 6.20 Å². The predicted octanol–water partition coefficient (Wildman–Crippen LogP) is 4.59. The summed E-state index contributed by atoms with van der Waals surface area (Å²) >= 11 is 6.05. The van der Waals surface area contributed by atoms with Crippen LogP contribution in [0.4, 0.5) is 0 Å². The number of rotatable bonds is 13. The Morgan fingerprint density at radius 2 is 1.77 bits per heavy atom. The molecule has 2 unspecified atom stereocenters. The predicted molar refractivity (Wildman–Crippen MR) is 110 cm³/mol. The number of carbonyl (C=O) groups is 1. The summed E-state index contributed by atoms with van der Waals surface area (Å²) in [5.74, 6) is -0.0151. The number of nitrogens with one attached hydrogen (secondary N) is 1. The van der Waals surface area contributed by atoms with Crippen LogP contribution in [0.2, 0.25) is 5.02 Å². The molecule has 6 heteroatoms. The number of halogens is 1. The van der Waals surface area contributed by atoms with Gasteiger partial charge < -0.3 is 10.2 Å². The first kappa shape index (κ1) is 23.0. The van der Waals surface area contributed by atoms with E-state index in [4.69, 9.17) is 11.6 Å². The molecule has 0 spiro atoms. The van der Waals surface area contributed by atoms with Gasteiger partial charge in [0.05, 0.1) is 10.7 Å². The van der Waals surface area contributed by atoms with Crippen LogP contribution < -0.4 is 5.32 Å². The van der Waals surface area contributed by atoms with Crippen molar-refractivity contribution < 1.29 is 4.79 Å². The van der Waals surface area contributed by atoms with Gasteiger partial charge in [-0.15, -0.1) is 0 Å². The summed E-state index contributed by atoms with van der Waals surface area (Å²) in [4.78, 5) is 15.0. The van der Waals surface area contributed by atoms with Crippen molar-refractivity contribution in [2.45, 2.75) is 85.2 Å². The van der Waals surface area contributed by atoms with E-state index in [2.05, 4.69) is 36.1 Å². The molecule has 1 heterocycles. The molecule has 150 valence electrons. The molecule has 5 nitrogen and oxygen atoms in total. The molecule has 0 saturated carbocycles. The van der Waals surface area contributed by atoms with E-state index < -0.39 is 0 Å². The van der Waals surface area contributed by atoms with Crippen molar-refractivity contribution in [2.24, 2.45) is 0 Å². The molecule has 0 aliphatic heterocycles. The van der Waals surface area contributed by atoms with Crippen LogP contribution in [0, 0.1) is 6.92 Å². The second-order valence-electron chi connectivity index (χ2n) is 7.34. The van der Waals surface area contributed by atoms with E-state index in [1.807, 2.05) is 13.8 Å². The summed E-state index contributed by atoms with van der Waals surface area (Å²) in [5, 5.41) is 8.04. The van der Waals surface area contributed by atoms with Crippen LogP contribution in [0.5, 0.6) is 0 Å². The standard InChI is InChI=1S/C20H37ClN4O/c1-6-8-10-12-24(13-11-9-7-2)14-16(3)22-20(26)18(5)25-15-19(21)17(4)23-25/h15-16,18H,6-14H2,1-5H3,(H,22,26). The van der Waals surface area contributed by atoms with Gasteiger partial charge in [-0.25, -0.2) is 0 Å². The number of aryl methyl sites for hydroxylation is 1. The maximum absolute atomic E-state index is 12.5. The van der Waals surface area contributed by atoms with E-state index in [9.17, 15) is 4.79 Å². The van der Waals surface area contributed by atoms with Crippen molar-refractivity contribution >= 4 is 17.5 Å². The molecule has 0 fully saturated rings. The van der Waals surface area contributed by atoms with Gasteiger partial charge in [0.1, 0.15) is 6.04 Å². The van der Waals surface area contributed by atoms with Gasteiger partial charge in [0, 0.05) is 18.8 Å². The smallest absolute Gasteiger partial charge is 0.244 e. The number of aromatic nitrogens is 2. The van der Waals surface area contributed by atoms with E-state index in [0.717, 1.165) is 25.3 Å². The van der Waals surface area contributed by atoms with Gasteiger partial charge >= 0.3 is 0 Å². The van der Waals surface area contributed by atoms with Crippen molar-refractivity contribution in [3.05, 3.63) is 16.9 Å². The molecular weight excluding hydrogens is 348 g/mol. The molecular formula is C20H37ClN4O. The molecule has 2 atom stereocenters. The first-order valence-electron chi connectivity index (χ1n) is 10.1. The Balaban J connectivity index is 2.52. The van der Waals surface area contributed by atoms with Gasteiger partial charge in [0.15, 0.2) is 0 Å². The van der Waals surface area contributed by atoms with Crippen LogP contribution in [-0.2, 0) is 4.79 Å². The average molecular weight is 385 g/mol. The third-order valence-electron chi connectivity index (χ3n) is 4.71. The maximum Gasteiger partial charge on any atom is 0.244 e. The summed E-state index contributed by atoms with van der Waals surface area (Å²) in [6, 6.07) is -0.252. The van der Waals surface area contributed by atoms with Crippen LogP contribution in [0.3, 0.4) is 0 Å². The van der Waals surface area contributed by atoms with Gasteiger partial charge in [0.2, 0.25) is 5.91 Å². The number of nitrogens with zero attached hydrogens (tertiary/aromatic N) is 3. The average Bonchev–Trinajstić information content (AvgIpc) is 2.93. The Hall–Kier alpha value is -1.07.